The molecule has 1 aromatic heterocycles. The number of amides is 4. The number of rotatable bonds is 2. The smallest absolute Gasteiger partial charge is 0.273 e. The first kappa shape index (κ1) is 15.6. The maximum absolute atomic E-state index is 13.0. The molecule has 2 heterocycles. The third-order valence-corrected chi connectivity index (χ3v) is 4.64. The van der Waals surface area contributed by atoms with Gasteiger partial charge in [-0.1, -0.05) is 0 Å². The summed E-state index contributed by atoms with van der Waals surface area (Å²) < 4.78 is 13.9. The minimum atomic E-state index is -0.865. The second kappa shape index (κ2) is 6.05. The molecule has 0 aliphatic carbocycles. The second-order valence-corrected chi connectivity index (χ2v) is 7.07. The number of benzene rings is 1. The van der Waals surface area contributed by atoms with Gasteiger partial charge < -0.3 is 0 Å². The lowest BCUT2D eigenvalue weighted by molar-refractivity contribution is -0.122. The van der Waals surface area contributed by atoms with Crippen molar-refractivity contribution >= 4 is 56.9 Å². The first-order valence-corrected chi connectivity index (χ1v) is 7.99. The molecular formula is C15H8BrFN2O3S. The fraction of sp³-hybridized carbons (Fsp3) is 0. The molecule has 1 aromatic carbocycles. The second-order valence-electron chi connectivity index (χ2n) is 4.58. The van der Waals surface area contributed by atoms with E-state index >= 15 is 0 Å². The number of urea groups is 1. The van der Waals surface area contributed by atoms with Gasteiger partial charge in [-0.3, -0.25) is 14.9 Å². The Morgan fingerprint density at radius 2 is 1.78 bits per heavy atom. The van der Waals surface area contributed by atoms with Crippen molar-refractivity contribution in [2.75, 3.05) is 4.90 Å². The molecule has 2 aromatic rings. The number of thiophene rings is 1. The third kappa shape index (κ3) is 3.08. The van der Waals surface area contributed by atoms with Crippen molar-refractivity contribution in [1.29, 1.82) is 0 Å². The van der Waals surface area contributed by atoms with E-state index in [0.29, 0.717) is 4.88 Å². The van der Waals surface area contributed by atoms with Crippen LogP contribution < -0.4 is 10.2 Å². The molecule has 0 radical (unpaired) electrons. The summed E-state index contributed by atoms with van der Waals surface area (Å²) in [6.45, 7) is 0. The van der Waals surface area contributed by atoms with Gasteiger partial charge in [0, 0.05) is 4.88 Å². The lowest BCUT2D eigenvalue weighted by atomic mass is 10.1. The zero-order chi connectivity index (χ0) is 16.6. The van der Waals surface area contributed by atoms with Crippen LogP contribution in [0, 0.1) is 5.82 Å². The molecule has 1 saturated heterocycles. The summed E-state index contributed by atoms with van der Waals surface area (Å²) in [6, 6.07) is 7.50. The minimum absolute atomic E-state index is 0.164. The molecule has 1 aliphatic heterocycles. The van der Waals surface area contributed by atoms with E-state index in [1.54, 1.807) is 12.1 Å². The molecule has 1 fully saturated rings. The van der Waals surface area contributed by atoms with E-state index in [2.05, 4.69) is 21.2 Å². The van der Waals surface area contributed by atoms with Crippen LogP contribution in [0.3, 0.4) is 0 Å². The highest BCUT2D eigenvalue weighted by molar-refractivity contribution is 9.11. The molecule has 0 spiro atoms. The standard InChI is InChI=1S/C15H8BrFN2O3S/c16-12-6-5-10(23-12)7-11-13(20)18-15(22)19(14(11)21)9-3-1-8(17)2-4-9/h1-7H,(H,18,20,22)/b11-7+. The van der Waals surface area contributed by atoms with E-state index in [4.69, 9.17) is 0 Å². The largest absolute Gasteiger partial charge is 0.335 e. The normalized spacial score (nSPS) is 16.9. The summed E-state index contributed by atoms with van der Waals surface area (Å²) in [6.07, 6.45) is 1.41. The van der Waals surface area contributed by atoms with Gasteiger partial charge in [-0.05, 0) is 58.4 Å². The van der Waals surface area contributed by atoms with Gasteiger partial charge in [0.2, 0.25) is 0 Å². The summed E-state index contributed by atoms with van der Waals surface area (Å²) in [5, 5.41) is 2.11. The Labute approximate surface area is 142 Å². The van der Waals surface area contributed by atoms with Crippen LogP contribution in [0.15, 0.2) is 45.8 Å². The van der Waals surface area contributed by atoms with Gasteiger partial charge >= 0.3 is 6.03 Å². The Morgan fingerprint density at radius 1 is 1.09 bits per heavy atom. The van der Waals surface area contributed by atoms with Crippen LogP contribution in [0.1, 0.15) is 4.88 Å². The summed E-state index contributed by atoms with van der Waals surface area (Å²) >= 11 is 4.64. The van der Waals surface area contributed by atoms with Crippen molar-refractivity contribution in [3.63, 3.8) is 0 Å². The molecule has 1 aliphatic rings. The van der Waals surface area contributed by atoms with Gasteiger partial charge in [-0.15, -0.1) is 11.3 Å². The molecule has 23 heavy (non-hydrogen) atoms. The first-order valence-electron chi connectivity index (χ1n) is 6.38. The number of nitrogens with zero attached hydrogens (tertiary/aromatic N) is 1. The fourth-order valence-electron chi connectivity index (χ4n) is 2.03. The zero-order valence-electron chi connectivity index (χ0n) is 11.4. The lowest BCUT2D eigenvalue weighted by Gasteiger charge is -2.26. The Morgan fingerprint density at radius 3 is 2.39 bits per heavy atom. The molecule has 0 atom stereocenters. The van der Waals surface area contributed by atoms with Gasteiger partial charge in [-0.2, -0.15) is 0 Å². The monoisotopic (exact) mass is 394 g/mol. The van der Waals surface area contributed by atoms with E-state index in [1.165, 1.54) is 29.5 Å². The average molecular weight is 395 g/mol. The summed E-state index contributed by atoms with van der Waals surface area (Å²) in [7, 11) is 0. The van der Waals surface area contributed by atoms with Gasteiger partial charge in [0.1, 0.15) is 11.4 Å². The fourth-order valence-corrected chi connectivity index (χ4v) is 3.40. The number of halogens is 2. The minimum Gasteiger partial charge on any atom is -0.273 e. The molecule has 1 N–H and O–H groups in total. The predicted molar refractivity (Wildman–Crippen MR) is 87.4 cm³/mol. The SMILES string of the molecule is O=C1NC(=O)N(c2ccc(F)cc2)C(=O)/C1=C/c1ccc(Br)s1. The third-order valence-electron chi connectivity index (χ3n) is 3.07. The van der Waals surface area contributed by atoms with E-state index < -0.39 is 23.7 Å². The molecule has 0 unspecified atom stereocenters. The van der Waals surface area contributed by atoms with E-state index in [9.17, 15) is 18.8 Å². The highest BCUT2D eigenvalue weighted by Gasteiger charge is 2.36. The Hall–Kier alpha value is -2.32. The Balaban J connectivity index is 2.00. The quantitative estimate of drug-likeness (QED) is 0.627. The van der Waals surface area contributed by atoms with Crippen molar-refractivity contribution < 1.29 is 18.8 Å². The van der Waals surface area contributed by atoms with Crippen LogP contribution in [0.25, 0.3) is 6.08 Å². The Kier molecular flexibility index (Phi) is 4.10. The Bertz CT molecular complexity index is 845. The van der Waals surface area contributed by atoms with Crippen molar-refractivity contribution in [2.45, 2.75) is 0 Å². The highest BCUT2D eigenvalue weighted by atomic mass is 79.9. The maximum Gasteiger partial charge on any atom is 0.335 e. The molecule has 0 bridgehead atoms. The highest BCUT2D eigenvalue weighted by Crippen LogP contribution is 2.26. The van der Waals surface area contributed by atoms with E-state index in [0.717, 1.165) is 20.8 Å². The summed E-state index contributed by atoms with van der Waals surface area (Å²) in [4.78, 5) is 37.9. The van der Waals surface area contributed by atoms with Crippen molar-refractivity contribution in [3.8, 4) is 0 Å². The molecular weight excluding hydrogens is 387 g/mol. The van der Waals surface area contributed by atoms with Crippen LogP contribution >= 0.6 is 27.3 Å². The topological polar surface area (TPSA) is 66.5 Å². The molecule has 0 saturated carbocycles. The van der Waals surface area contributed by atoms with Crippen LogP contribution in [0.5, 0.6) is 0 Å². The van der Waals surface area contributed by atoms with Gasteiger partial charge in [0.15, 0.2) is 0 Å². The van der Waals surface area contributed by atoms with Crippen molar-refractivity contribution in [3.05, 3.63) is 56.5 Å². The van der Waals surface area contributed by atoms with Crippen molar-refractivity contribution in [1.82, 2.24) is 5.32 Å². The maximum atomic E-state index is 13.0. The van der Waals surface area contributed by atoms with E-state index in [1.807, 2.05) is 0 Å². The number of nitrogens with one attached hydrogen (secondary N) is 1. The van der Waals surface area contributed by atoms with Gasteiger partial charge in [-0.25, -0.2) is 14.1 Å². The molecule has 8 heteroatoms. The number of barbiturate groups is 1. The summed E-state index contributed by atoms with van der Waals surface area (Å²) in [5.74, 6) is -2.01. The number of hydrogen-bond donors (Lipinski definition) is 1. The van der Waals surface area contributed by atoms with Crippen LogP contribution in [-0.2, 0) is 9.59 Å². The number of carbonyl (C=O) groups excluding carboxylic acids is 3. The predicted octanol–water partition coefficient (Wildman–Crippen LogP) is 3.32. The number of carbonyl (C=O) groups is 3. The van der Waals surface area contributed by atoms with Crippen LogP contribution in [0.4, 0.5) is 14.9 Å². The first-order chi connectivity index (χ1) is 11.0. The molecule has 4 amide bonds. The molecule has 3 rings (SSSR count). The number of hydrogen-bond acceptors (Lipinski definition) is 4. The molecule has 116 valence electrons. The number of imide groups is 2. The molecule has 5 nitrogen and oxygen atoms in total. The average Bonchev–Trinajstić information content (AvgIpc) is 2.91. The van der Waals surface area contributed by atoms with Crippen LogP contribution in [-0.4, -0.2) is 17.8 Å². The van der Waals surface area contributed by atoms with Gasteiger partial charge in [0.25, 0.3) is 11.8 Å². The summed E-state index contributed by atoms with van der Waals surface area (Å²) in [5.41, 5.74) is 0.0166. The van der Waals surface area contributed by atoms with Gasteiger partial charge in [0.05, 0.1) is 9.47 Å². The van der Waals surface area contributed by atoms with Crippen molar-refractivity contribution in [2.24, 2.45) is 0 Å². The van der Waals surface area contributed by atoms with Crippen LogP contribution in [0.2, 0.25) is 0 Å². The lowest BCUT2D eigenvalue weighted by Crippen LogP contribution is -2.54. The number of anilines is 1. The van der Waals surface area contributed by atoms with E-state index in [-0.39, 0.29) is 11.3 Å². The zero-order valence-corrected chi connectivity index (χ0v) is 13.8.